The number of halogens is 2. The van der Waals surface area contributed by atoms with Crippen LogP contribution in [-0.4, -0.2) is 0 Å². The summed E-state index contributed by atoms with van der Waals surface area (Å²) in [6, 6.07) is 6.41. The van der Waals surface area contributed by atoms with Gasteiger partial charge in [0.2, 0.25) is 0 Å². The predicted octanol–water partition coefficient (Wildman–Crippen LogP) is 3.79. The molecule has 1 aromatic carbocycles. The van der Waals surface area contributed by atoms with Crippen LogP contribution in [0.2, 0.25) is 0 Å². The first-order valence-corrected chi connectivity index (χ1v) is 6.20. The second kappa shape index (κ2) is 5.02. The normalized spacial score (nSPS) is 12.7. The van der Waals surface area contributed by atoms with Gasteiger partial charge in [0, 0.05) is 17.5 Å². The summed E-state index contributed by atoms with van der Waals surface area (Å²) in [7, 11) is 0. The molecule has 0 radical (unpaired) electrons. The zero-order valence-corrected chi connectivity index (χ0v) is 11.0. The third-order valence-electron chi connectivity index (χ3n) is 2.75. The minimum Gasteiger partial charge on any atom is -0.469 e. The first-order valence-electron chi connectivity index (χ1n) is 5.41. The van der Waals surface area contributed by atoms with Gasteiger partial charge < -0.3 is 10.2 Å². The van der Waals surface area contributed by atoms with E-state index >= 15 is 0 Å². The lowest BCUT2D eigenvalue weighted by Gasteiger charge is -2.13. The fourth-order valence-electron chi connectivity index (χ4n) is 1.84. The van der Waals surface area contributed by atoms with Gasteiger partial charge in [-0.1, -0.05) is 19.1 Å². The maximum absolute atomic E-state index is 13.9. The molecule has 17 heavy (non-hydrogen) atoms. The second-order valence-electron chi connectivity index (χ2n) is 3.77. The Morgan fingerprint density at radius 2 is 2.12 bits per heavy atom. The molecule has 1 aromatic heterocycles. The quantitative estimate of drug-likeness (QED) is 0.936. The molecule has 0 bridgehead atoms. The van der Waals surface area contributed by atoms with E-state index in [4.69, 9.17) is 10.2 Å². The van der Waals surface area contributed by atoms with Crippen LogP contribution in [-0.2, 0) is 6.42 Å². The molecule has 4 heteroatoms. The first kappa shape index (κ1) is 12.3. The molecule has 0 aliphatic heterocycles. The van der Waals surface area contributed by atoms with Gasteiger partial charge in [0.15, 0.2) is 0 Å². The average molecular weight is 298 g/mol. The van der Waals surface area contributed by atoms with Gasteiger partial charge >= 0.3 is 0 Å². The molecule has 0 saturated carbocycles. The number of rotatable bonds is 3. The fourth-order valence-corrected chi connectivity index (χ4v) is 2.22. The maximum atomic E-state index is 13.9. The number of nitrogens with two attached hydrogens (primary N) is 1. The Bertz CT molecular complexity index is 524. The van der Waals surface area contributed by atoms with Crippen LogP contribution in [0, 0.1) is 5.82 Å². The minimum absolute atomic E-state index is 0.316. The molecule has 2 N–H and O–H groups in total. The molecule has 0 spiro atoms. The van der Waals surface area contributed by atoms with Crippen LogP contribution < -0.4 is 5.73 Å². The summed E-state index contributed by atoms with van der Waals surface area (Å²) in [5.41, 5.74) is 7.39. The monoisotopic (exact) mass is 297 g/mol. The van der Waals surface area contributed by atoms with E-state index in [1.165, 1.54) is 0 Å². The van der Waals surface area contributed by atoms with Crippen molar-refractivity contribution in [3.05, 3.63) is 57.7 Å². The summed E-state index contributed by atoms with van der Waals surface area (Å²) in [6.07, 6.45) is 2.33. The van der Waals surface area contributed by atoms with Crippen LogP contribution in [0.15, 0.2) is 39.4 Å². The Hall–Kier alpha value is -1.13. The molecule has 1 unspecified atom stereocenters. The Kier molecular flexibility index (Phi) is 3.64. The number of hydrogen-bond donors (Lipinski definition) is 1. The highest BCUT2D eigenvalue weighted by Gasteiger charge is 2.19. The van der Waals surface area contributed by atoms with Crippen LogP contribution in [0.5, 0.6) is 0 Å². The van der Waals surface area contributed by atoms with Crippen molar-refractivity contribution in [3.63, 3.8) is 0 Å². The number of benzene rings is 1. The van der Waals surface area contributed by atoms with Crippen molar-refractivity contribution in [2.24, 2.45) is 5.73 Å². The Balaban J connectivity index is 2.44. The Labute approximate surface area is 108 Å². The van der Waals surface area contributed by atoms with E-state index in [-0.39, 0.29) is 5.82 Å². The van der Waals surface area contributed by atoms with Crippen LogP contribution >= 0.6 is 15.9 Å². The lowest BCUT2D eigenvalue weighted by molar-refractivity contribution is 0.507. The van der Waals surface area contributed by atoms with Gasteiger partial charge in [-0.15, -0.1) is 0 Å². The van der Waals surface area contributed by atoms with E-state index in [0.717, 1.165) is 17.7 Å². The molecule has 0 saturated heterocycles. The first-order chi connectivity index (χ1) is 8.15. The summed E-state index contributed by atoms with van der Waals surface area (Å²) >= 11 is 3.16. The van der Waals surface area contributed by atoms with E-state index in [9.17, 15) is 4.39 Å². The topological polar surface area (TPSA) is 39.2 Å². The Morgan fingerprint density at radius 1 is 1.35 bits per heavy atom. The fraction of sp³-hybridized carbons (Fsp3) is 0.231. The lowest BCUT2D eigenvalue weighted by atomic mass is 9.99. The van der Waals surface area contributed by atoms with Gasteiger partial charge in [0.1, 0.15) is 11.6 Å². The van der Waals surface area contributed by atoms with Crippen molar-refractivity contribution < 1.29 is 8.81 Å². The molecule has 0 aliphatic carbocycles. The second-order valence-corrected chi connectivity index (χ2v) is 4.63. The molecule has 1 atom stereocenters. The van der Waals surface area contributed by atoms with Crippen molar-refractivity contribution >= 4 is 15.9 Å². The summed E-state index contributed by atoms with van der Waals surface area (Å²) < 4.78 is 19.7. The highest BCUT2D eigenvalue weighted by molar-refractivity contribution is 9.10. The average Bonchev–Trinajstić information content (AvgIpc) is 2.80. The zero-order valence-electron chi connectivity index (χ0n) is 9.41. The standard InChI is InChI=1S/C13H13BrFNO/c1-2-11-8(6-7-17-11)13(16)9-4-3-5-10(14)12(9)15/h3-7,13H,2,16H2,1H3. The van der Waals surface area contributed by atoms with E-state index in [1.807, 2.05) is 6.92 Å². The number of aryl methyl sites for hydroxylation is 1. The van der Waals surface area contributed by atoms with E-state index in [2.05, 4.69) is 15.9 Å². The molecule has 2 aromatic rings. The smallest absolute Gasteiger partial charge is 0.142 e. The zero-order chi connectivity index (χ0) is 12.4. The number of furan rings is 1. The SMILES string of the molecule is CCc1occc1C(N)c1cccc(Br)c1F. The van der Waals surface area contributed by atoms with Crippen molar-refractivity contribution in [1.29, 1.82) is 0 Å². The summed E-state index contributed by atoms with van der Waals surface area (Å²) in [6.45, 7) is 1.98. The molecule has 2 nitrogen and oxygen atoms in total. The summed E-state index contributed by atoms with van der Waals surface area (Å²) in [4.78, 5) is 0. The molecule has 2 rings (SSSR count). The number of hydrogen-bond acceptors (Lipinski definition) is 2. The molecule has 0 aliphatic rings. The van der Waals surface area contributed by atoms with Gasteiger partial charge in [-0.25, -0.2) is 4.39 Å². The third kappa shape index (κ3) is 2.28. The third-order valence-corrected chi connectivity index (χ3v) is 3.37. The van der Waals surface area contributed by atoms with Gasteiger partial charge in [-0.2, -0.15) is 0 Å². The van der Waals surface area contributed by atoms with Gasteiger partial charge in [-0.05, 0) is 28.1 Å². The van der Waals surface area contributed by atoms with Crippen LogP contribution in [0.1, 0.15) is 29.9 Å². The van der Waals surface area contributed by atoms with E-state index in [1.54, 1.807) is 30.5 Å². The minimum atomic E-state index is -0.499. The largest absolute Gasteiger partial charge is 0.469 e. The molecular weight excluding hydrogens is 285 g/mol. The molecular formula is C13H13BrFNO. The van der Waals surface area contributed by atoms with Gasteiger partial charge in [0.05, 0.1) is 16.8 Å². The maximum Gasteiger partial charge on any atom is 0.142 e. The van der Waals surface area contributed by atoms with Crippen molar-refractivity contribution in [2.75, 3.05) is 0 Å². The lowest BCUT2D eigenvalue weighted by Crippen LogP contribution is -2.14. The van der Waals surface area contributed by atoms with Crippen LogP contribution in [0.25, 0.3) is 0 Å². The van der Waals surface area contributed by atoms with E-state index < -0.39 is 6.04 Å². The van der Waals surface area contributed by atoms with Gasteiger partial charge in [0.25, 0.3) is 0 Å². The predicted molar refractivity (Wildman–Crippen MR) is 68.2 cm³/mol. The highest BCUT2D eigenvalue weighted by Crippen LogP contribution is 2.29. The molecule has 90 valence electrons. The Morgan fingerprint density at radius 3 is 2.82 bits per heavy atom. The molecule has 0 amide bonds. The summed E-state index contributed by atoms with van der Waals surface area (Å²) in [5, 5.41) is 0. The van der Waals surface area contributed by atoms with Crippen LogP contribution in [0.4, 0.5) is 4.39 Å². The van der Waals surface area contributed by atoms with Gasteiger partial charge in [-0.3, -0.25) is 0 Å². The van der Waals surface area contributed by atoms with Crippen LogP contribution in [0.3, 0.4) is 0 Å². The van der Waals surface area contributed by atoms with Crippen molar-refractivity contribution in [1.82, 2.24) is 0 Å². The highest BCUT2D eigenvalue weighted by atomic mass is 79.9. The molecule has 0 fully saturated rings. The van der Waals surface area contributed by atoms with Crippen molar-refractivity contribution in [3.8, 4) is 0 Å². The van der Waals surface area contributed by atoms with Crippen molar-refractivity contribution in [2.45, 2.75) is 19.4 Å². The van der Waals surface area contributed by atoms with E-state index in [0.29, 0.717) is 10.0 Å². The molecule has 1 heterocycles. The summed E-state index contributed by atoms with van der Waals surface area (Å²) in [5.74, 6) is 0.486.